The van der Waals surface area contributed by atoms with Gasteiger partial charge in [0.2, 0.25) is 5.79 Å². The summed E-state index contributed by atoms with van der Waals surface area (Å²) >= 11 is 0. The number of amides is 1. The van der Waals surface area contributed by atoms with Crippen LogP contribution in [0, 0.1) is 11.8 Å². The number of ether oxygens (including phenoxy) is 3. The van der Waals surface area contributed by atoms with Crippen molar-refractivity contribution in [3.05, 3.63) is 12.0 Å². The largest absolute Gasteiger partial charge is 0.457 e. The third-order valence-corrected chi connectivity index (χ3v) is 10.9. The van der Waals surface area contributed by atoms with Crippen molar-refractivity contribution in [2.24, 2.45) is 11.8 Å². The average molecular weight is 442 g/mol. The maximum absolute atomic E-state index is 12.7. The van der Waals surface area contributed by atoms with Crippen LogP contribution in [0.4, 0.5) is 4.79 Å². The molecule has 2 aliphatic heterocycles. The van der Waals surface area contributed by atoms with Crippen molar-refractivity contribution >= 4 is 14.4 Å². The van der Waals surface area contributed by atoms with Gasteiger partial charge in [-0.1, -0.05) is 20.8 Å². The third kappa shape index (κ3) is 6.64. The Balaban J connectivity index is 2.07. The predicted octanol–water partition coefficient (Wildman–Crippen LogP) is 5.90. The molecule has 1 saturated heterocycles. The molecular weight excluding hydrogens is 398 g/mol. The highest BCUT2D eigenvalue weighted by Gasteiger charge is 2.42. The van der Waals surface area contributed by atoms with Crippen LogP contribution in [0.1, 0.15) is 68.2 Å². The summed E-state index contributed by atoms with van der Waals surface area (Å²) in [6.45, 7) is 22.9. The summed E-state index contributed by atoms with van der Waals surface area (Å²) < 4.78 is 23.8. The van der Waals surface area contributed by atoms with E-state index in [2.05, 4.69) is 33.9 Å². The minimum Gasteiger partial charge on any atom is -0.457 e. The van der Waals surface area contributed by atoms with E-state index in [1.165, 1.54) is 0 Å². The van der Waals surface area contributed by atoms with Gasteiger partial charge < -0.3 is 23.5 Å². The number of hydrogen-bond donors (Lipinski definition) is 0. The Morgan fingerprint density at radius 3 is 2.37 bits per heavy atom. The lowest BCUT2D eigenvalue weighted by molar-refractivity contribution is -0.124. The smallest absolute Gasteiger partial charge is 0.410 e. The zero-order valence-corrected chi connectivity index (χ0v) is 21.8. The highest BCUT2D eigenvalue weighted by Crippen LogP contribution is 2.40. The molecule has 1 amide bonds. The molecule has 0 N–H and O–H groups in total. The molecule has 0 aromatic carbocycles. The Hall–Kier alpha value is -1.21. The van der Waals surface area contributed by atoms with Crippen LogP contribution in [0.25, 0.3) is 0 Å². The van der Waals surface area contributed by atoms with E-state index in [-0.39, 0.29) is 17.0 Å². The summed E-state index contributed by atoms with van der Waals surface area (Å²) in [6.07, 6.45) is 3.30. The average Bonchev–Trinajstić information content (AvgIpc) is 2.92. The summed E-state index contributed by atoms with van der Waals surface area (Å²) in [5.41, 5.74) is -0.505. The number of piperidine rings is 1. The molecule has 2 atom stereocenters. The molecule has 0 aliphatic carbocycles. The molecule has 6 nitrogen and oxygen atoms in total. The van der Waals surface area contributed by atoms with Gasteiger partial charge in [0.25, 0.3) is 0 Å². The van der Waals surface area contributed by atoms with Crippen molar-refractivity contribution in [3.63, 3.8) is 0 Å². The van der Waals surface area contributed by atoms with Crippen LogP contribution in [0.2, 0.25) is 18.1 Å². The van der Waals surface area contributed by atoms with E-state index >= 15 is 0 Å². The first-order valence-electron chi connectivity index (χ1n) is 11.2. The quantitative estimate of drug-likeness (QED) is 0.497. The van der Waals surface area contributed by atoms with Crippen LogP contribution in [-0.2, 0) is 18.6 Å². The number of likely N-dealkylation sites (tertiary alicyclic amines) is 1. The molecule has 174 valence electrons. The molecule has 2 heterocycles. The fraction of sp³-hybridized carbons (Fsp3) is 0.870. The van der Waals surface area contributed by atoms with E-state index in [9.17, 15) is 4.79 Å². The standard InChI is InChI=1S/C23H43NO5Si/c1-21(2,3)29-20(25)24-13-11-17(12-14-27-30(9,10)22(4,5)6)18(15-24)19-16-26-23(7,8)28-19/h16-18H,11-15H2,1-10H3/t17-,18-/m0/s1. The Bertz CT molecular complexity index is 645. The topological polar surface area (TPSA) is 57.2 Å². The van der Waals surface area contributed by atoms with Crippen LogP contribution >= 0.6 is 0 Å². The highest BCUT2D eigenvalue weighted by atomic mass is 28.4. The minimum atomic E-state index is -1.78. The lowest BCUT2D eigenvalue weighted by Crippen LogP contribution is -2.47. The summed E-state index contributed by atoms with van der Waals surface area (Å²) in [4.78, 5) is 14.5. The van der Waals surface area contributed by atoms with Gasteiger partial charge >= 0.3 is 6.09 Å². The first-order chi connectivity index (χ1) is 13.5. The minimum absolute atomic E-state index is 0.0797. The molecule has 0 radical (unpaired) electrons. The maximum atomic E-state index is 12.7. The van der Waals surface area contributed by atoms with Crippen LogP contribution in [0.3, 0.4) is 0 Å². The second-order valence-corrected chi connectivity index (χ2v) is 16.4. The van der Waals surface area contributed by atoms with Crippen LogP contribution in [-0.4, -0.2) is 50.4 Å². The van der Waals surface area contributed by atoms with E-state index < -0.39 is 19.7 Å². The van der Waals surface area contributed by atoms with Gasteiger partial charge in [0.1, 0.15) is 17.6 Å². The third-order valence-electron chi connectivity index (χ3n) is 6.35. The number of nitrogens with zero attached hydrogens (tertiary/aromatic N) is 1. The van der Waals surface area contributed by atoms with Crippen molar-refractivity contribution < 1.29 is 23.4 Å². The van der Waals surface area contributed by atoms with Gasteiger partial charge in [0, 0.05) is 39.5 Å². The second-order valence-electron chi connectivity index (χ2n) is 11.6. The molecule has 0 aromatic heterocycles. The Labute approximate surface area is 184 Å². The Morgan fingerprint density at radius 2 is 1.87 bits per heavy atom. The van der Waals surface area contributed by atoms with Gasteiger partial charge in [-0.25, -0.2) is 4.79 Å². The van der Waals surface area contributed by atoms with E-state index in [1.807, 2.05) is 34.6 Å². The first kappa shape index (κ1) is 25.1. The molecule has 2 aliphatic rings. The Kier molecular flexibility index (Phi) is 7.29. The monoisotopic (exact) mass is 441 g/mol. The van der Waals surface area contributed by atoms with E-state index in [4.69, 9.17) is 18.6 Å². The summed E-state index contributed by atoms with van der Waals surface area (Å²) in [5.74, 6) is 0.616. The predicted molar refractivity (Wildman–Crippen MR) is 122 cm³/mol. The van der Waals surface area contributed by atoms with Crippen LogP contribution < -0.4 is 0 Å². The van der Waals surface area contributed by atoms with Crippen molar-refractivity contribution in [2.45, 2.75) is 97.8 Å². The fourth-order valence-corrected chi connectivity index (χ4v) is 4.60. The second kappa shape index (κ2) is 8.73. The number of carbonyl (C=O) groups excluding carboxylic acids is 1. The van der Waals surface area contributed by atoms with Gasteiger partial charge in [0.05, 0.1) is 0 Å². The van der Waals surface area contributed by atoms with Crippen molar-refractivity contribution in [3.8, 4) is 0 Å². The van der Waals surface area contributed by atoms with E-state index in [0.717, 1.165) is 25.2 Å². The molecule has 0 spiro atoms. The number of hydrogen-bond acceptors (Lipinski definition) is 5. The molecule has 7 heteroatoms. The van der Waals surface area contributed by atoms with Crippen molar-refractivity contribution in [1.82, 2.24) is 4.90 Å². The fourth-order valence-electron chi connectivity index (χ4n) is 3.54. The first-order valence-corrected chi connectivity index (χ1v) is 14.1. The number of rotatable bonds is 5. The summed E-state index contributed by atoms with van der Waals surface area (Å²) in [6, 6.07) is 0. The highest BCUT2D eigenvalue weighted by molar-refractivity contribution is 6.74. The van der Waals surface area contributed by atoms with Crippen LogP contribution in [0.15, 0.2) is 12.0 Å². The molecule has 0 aromatic rings. The lowest BCUT2D eigenvalue weighted by Gasteiger charge is -2.40. The van der Waals surface area contributed by atoms with E-state index in [1.54, 1.807) is 11.2 Å². The van der Waals surface area contributed by atoms with Gasteiger partial charge in [0.15, 0.2) is 8.32 Å². The van der Waals surface area contributed by atoms with Crippen LogP contribution in [0.5, 0.6) is 0 Å². The van der Waals surface area contributed by atoms with E-state index in [0.29, 0.717) is 19.0 Å². The number of carbonyl (C=O) groups is 1. The van der Waals surface area contributed by atoms with Gasteiger partial charge in [-0.3, -0.25) is 0 Å². The zero-order chi connectivity index (χ0) is 23.0. The summed E-state index contributed by atoms with van der Waals surface area (Å²) in [7, 11) is -1.78. The molecule has 0 bridgehead atoms. The van der Waals surface area contributed by atoms with Gasteiger partial charge in [-0.15, -0.1) is 0 Å². The summed E-state index contributed by atoms with van der Waals surface area (Å²) in [5, 5.41) is 0.196. The van der Waals surface area contributed by atoms with Gasteiger partial charge in [-0.2, -0.15) is 0 Å². The lowest BCUT2D eigenvalue weighted by atomic mass is 9.82. The maximum Gasteiger partial charge on any atom is 0.410 e. The zero-order valence-electron chi connectivity index (χ0n) is 20.8. The molecule has 0 saturated carbocycles. The Morgan fingerprint density at radius 1 is 1.23 bits per heavy atom. The molecule has 2 rings (SSSR count). The molecule has 1 fully saturated rings. The van der Waals surface area contributed by atoms with Crippen molar-refractivity contribution in [1.29, 1.82) is 0 Å². The van der Waals surface area contributed by atoms with Gasteiger partial charge in [-0.05, 0) is 57.7 Å². The SMILES string of the molecule is CC(C)(C)OC(=O)N1CC[C@@H](CCO[Si](C)(C)C(C)(C)C)[C@@H](C2=COC(C)(C)O2)C1. The molecular formula is C23H43NO5Si. The van der Waals surface area contributed by atoms with Crippen molar-refractivity contribution in [2.75, 3.05) is 19.7 Å². The molecule has 0 unspecified atom stereocenters. The molecule has 30 heavy (non-hydrogen) atoms. The normalized spacial score (nSPS) is 24.7.